The van der Waals surface area contributed by atoms with Crippen LogP contribution in [0, 0.1) is 5.92 Å². The van der Waals surface area contributed by atoms with Gasteiger partial charge in [-0.2, -0.15) is 0 Å². The highest BCUT2D eigenvalue weighted by molar-refractivity contribution is 6.42. The smallest absolute Gasteiger partial charge is 0.254 e. The molecule has 0 radical (unpaired) electrons. The van der Waals surface area contributed by atoms with E-state index in [1.807, 2.05) is 29.2 Å². The number of nitrogens with zero attached hydrogens (tertiary/aromatic N) is 3. The summed E-state index contributed by atoms with van der Waals surface area (Å²) in [5.41, 5.74) is 7.51. The molecule has 3 heterocycles. The number of piperidine rings is 1. The summed E-state index contributed by atoms with van der Waals surface area (Å²) in [5.74, 6) is 0.817. The van der Waals surface area contributed by atoms with Crippen LogP contribution in [0.5, 0.6) is 17.2 Å². The number of pyridine rings is 1. The number of halogens is 3. The van der Waals surface area contributed by atoms with Crippen molar-refractivity contribution in [3.8, 4) is 17.2 Å². The van der Waals surface area contributed by atoms with Crippen LogP contribution >= 0.6 is 35.6 Å². The van der Waals surface area contributed by atoms with Gasteiger partial charge in [-0.15, -0.1) is 12.4 Å². The molecule has 9 nitrogen and oxygen atoms in total. The molecular weight excluding hydrogens is 639 g/mol. The highest BCUT2D eigenvalue weighted by Gasteiger charge is 2.51. The van der Waals surface area contributed by atoms with Crippen LogP contribution < -0.4 is 19.9 Å². The van der Waals surface area contributed by atoms with Gasteiger partial charge in [-0.1, -0.05) is 29.3 Å². The lowest BCUT2D eigenvalue weighted by atomic mass is 9.63. The molecular formula is C33H39Cl3N4O5. The summed E-state index contributed by atoms with van der Waals surface area (Å²) in [6, 6.07) is 12.8. The van der Waals surface area contributed by atoms with Gasteiger partial charge in [-0.25, -0.2) is 0 Å². The number of primary amides is 1. The van der Waals surface area contributed by atoms with Crippen LogP contribution in [-0.2, 0) is 10.2 Å². The first-order valence-corrected chi connectivity index (χ1v) is 15.4. The summed E-state index contributed by atoms with van der Waals surface area (Å²) >= 11 is 12.7. The largest absolute Gasteiger partial charge is 0.493 e. The number of likely N-dealkylation sites (tertiary alicyclic amines) is 2. The second-order valence-electron chi connectivity index (χ2n) is 11.5. The molecule has 0 saturated carbocycles. The third-order valence-electron chi connectivity index (χ3n) is 9.47. The Morgan fingerprint density at radius 2 is 1.62 bits per heavy atom. The number of rotatable bonds is 9. The number of hydrogen-bond donors (Lipinski definition) is 1. The summed E-state index contributed by atoms with van der Waals surface area (Å²) in [6.45, 7) is 4.70. The van der Waals surface area contributed by atoms with Gasteiger partial charge in [0.05, 0.1) is 36.8 Å². The van der Waals surface area contributed by atoms with Gasteiger partial charge >= 0.3 is 0 Å². The molecule has 1 aromatic heterocycles. The van der Waals surface area contributed by atoms with Gasteiger partial charge < -0.3 is 24.8 Å². The molecule has 0 spiro atoms. The molecule has 3 aromatic rings. The van der Waals surface area contributed by atoms with Crippen molar-refractivity contribution in [2.24, 2.45) is 11.7 Å². The first kappa shape index (κ1) is 34.6. The lowest BCUT2D eigenvalue weighted by molar-refractivity contribution is -0.126. The minimum atomic E-state index is -0.944. The predicted molar refractivity (Wildman–Crippen MR) is 177 cm³/mol. The van der Waals surface area contributed by atoms with Crippen LogP contribution in [0.15, 0.2) is 54.9 Å². The third kappa shape index (κ3) is 6.54. The van der Waals surface area contributed by atoms with Crippen molar-refractivity contribution in [2.45, 2.75) is 37.1 Å². The molecule has 2 fully saturated rings. The van der Waals surface area contributed by atoms with E-state index >= 15 is 0 Å². The Labute approximate surface area is 280 Å². The van der Waals surface area contributed by atoms with Gasteiger partial charge in [-0.3, -0.25) is 19.5 Å². The Hall–Kier alpha value is -3.24. The van der Waals surface area contributed by atoms with Gasteiger partial charge in [0.2, 0.25) is 11.7 Å². The lowest BCUT2D eigenvalue weighted by Gasteiger charge is -2.49. The highest BCUT2D eigenvalue weighted by atomic mass is 35.5. The summed E-state index contributed by atoms with van der Waals surface area (Å²) in [5, 5.41) is 0.882. The average molecular weight is 678 g/mol. The molecule has 4 unspecified atom stereocenters. The van der Waals surface area contributed by atoms with Gasteiger partial charge in [0.25, 0.3) is 5.91 Å². The number of methoxy groups -OCH3 is 3. The number of ether oxygens (including phenoxy) is 3. The zero-order valence-corrected chi connectivity index (χ0v) is 28.1. The number of nitrogens with two attached hydrogens (primary N) is 1. The van der Waals surface area contributed by atoms with E-state index in [-0.39, 0.29) is 42.1 Å². The quantitative estimate of drug-likeness (QED) is 0.314. The summed E-state index contributed by atoms with van der Waals surface area (Å²) in [6.07, 6.45) is 4.77. The van der Waals surface area contributed by atoms with E-state index < -0.39 is 5.41 Å². The highest BCUT2D eigenvalue weighted by Crippen LogP contribution is 2.47. The Morgan fingerprint density at radius 1 is 0.956 bits per heavy atom. The minimum Gasteiger partial charge on any atom is -0.493 e. The third-order valence-corrected chi connectivity index (χ3v) is 10.2. The van der Waals surface area contributed by atoms with E-state index in [9.17, 15) is 9.59 Å². The van der Waals surface area contributed by atoms with Crippen LogP contribution in [0.4, 0.5) is 0 Å². The van der Waals surface area contributed by atoms with Crippen molar-refractivity contribution in [2.75, 3.05) is 47.5 Å². The maximum atomic E-state index is 13.6. The van der Waals surface area contributed by atoms with Crippen molar-refractivity contribution in [3.05, 3.63) is 81.6 Å². The molecule has 2 N–H and O–H groups in total. The molecule has 2 saturated heterocycles. The number of carbonyl (C=O) groups is 2. The number of aromatic nitrogens is 1. The van der Waals surface area contributed by atoms with Crippen LogP contribution in [0.25, 0.3) is 0 Å². The van der Waals surface area contributed by atoms with Crippen molar-refractivity contribution < 1.29 is 23.8 Å². The summed E-state index contributed by atoms with van der Waals surface area (Å²) < 4.78 is 16.3. The van der Waals surface area contributed by atoms with Crippen LogP contribution in [0.2, 0.25) is 10.0 Å². The van der Waals surface area contributed by atoms with Crippen LogP contribution in [0.1, 0.15) is 47.2 Å². The van der Waals surface area contributed by atoms with E-state index in [2.05, 4.69) is 16.8 Å². The fraction of sp³-hybridized carbons (Fsp3) is 0.424. The second kappa shape index (κ2) is 14.5. The second-order valence-corrected chi connectivity index (χ2v) is 12.3. The van der Waals surface area contributed by atoms with Gasteiger partial charge in [-0.05, 0) is 79.8 Å². The molecule has 242 valence electrons. The molecule has 4 atom stereocenters. The standard InChI is InChI=1S/C33H38Cl2N4O5.ClH/c1-20(22-9-13-39(18-22)31(40)23-16-28(42-2)30(44-4)29(17-23)43-3)38-14-10-33(32(36)41,24-7-11-37-12-8-24)25(19-38)21-5-6-26(34)27(35)15-21;/h5-8,11-12,15-17,20,22,25H,9-10,13-14,18-19H2,1-4H3,(H2,36,41);1H. The average Bonchev–Trinajstić information content (AvgIpc) is 3.55. The van der Waals surface area contributed by atoms with Crippen molar-refractivity contribution in [3.63, 3.8) is 0 Å². The van der Waals surface area contributed by atoms with E-state index in [0.717, 1.165) is 17.5 Å². The molecule has 0 bridgehead atoms. The van der Waals surface area contributed by atoms with Gasteiger partial charge in [0.15, 0.2) is 11.5 Å². The fourth-order valence-corrected chi connectivity index (χ4v) is 7.25. The molecule has 2 aliphatic rings. The fourth-order valence-electron chi connectivity index (χ4n) is 6.95. The van der Waals surface area contributed by atoms with E-state index in [0.29, 0.717) is 65.5 Å². The SMILES string of the molecule is COc1cc(C(=O)N2CCC(C(C)N3CCC(C(N)=O)(c4ccncc4)C(c4ccc(Cl)c(Cl)c4)C3)C2)cc(OC)c1OC.Cl. The zero-order valence-electron chi connectivity index (χ0n) is 25.8. The number of amides is 2. The first-order chi connectivity index (χ1) is 21.1. The van der Waals surface area contributed by atoms with Crippen LogP contribution in [0.3, 0.4) is 0 Å². The van der Waals surface area contributed by atoms with E-state index in [1.54, 1.807) is 30.6 Å². The summed E-state index contributed by atoms with van der Waals surface area (Å²) in [7, 11) is 4.60. The van der Waals surface area contributed by atoms with Crippen molar-refractivity contribution in [1.82, 2.24) is 14.8 Å². The topological polar surface area (TPSA) is 107 Å². The van der Waals surface area contributed by atoms with E-state index in [4.69, 9.17) is 43.1 Å². The molecule has 12 heteroatoms. The van der Waals surface area contributed by atoms with Gasteiger partial charge in [0.1, 0.15) is 0 Å². The lowest BCUT2D eigenvalue weighted by Crippen LogP contribution is -2.57. The predicted octanol–water partition coefficient (Wildman–Crippen LogP) is 5.60. The Bertz CT molecular complexity index is 1500. The Balaban J connectivity index is 0.00000461. The molecule has 45 heavy (non-hydrogen) atoms. The maximum Gasteiger partial charge on any atom is 0.254 e. The monoisotopic (exact) mass is 676 g/mol. The van der Waals surface area contributed by atoms with Crippen molar-refractivity contribution >= 4 is 47.4 Å². The molecule has 5 rings (SSSR count). The molecule has 0 aliphatic carbocycles. The minimum absolute atomic E-state index is 0. The first-order valence-electron chi connectivity index (χ1n) is 14.6. The van der Waals surface area contributed by atoms with Crippen molar-refractivity contribution in [1.29, 1.82) is 0 Å². The Kier molecular flexibility index (Phi) is 11.1. The maximum absolute atomic E-state index is 13.6. The molecule has 2 aliphatic heterocycles. The molecule has 2 aromatic carbocycles. The number of carbonyl (C=O) groups excluding carboxylic acids is 2. The van der Waals surface area contributed by atoms with Gasteiger partial charge in [0, 0.05) is 49.6 Å². The summed E-state index contributed by atoms with van der Waals surface area (Å²) in [4.78, 5) is 35.5. The Morgan fingerprint density at radius 3 is 2.20 bits per heavy atom. The zero-order chi connectivity index (χ0) is 31.6. The van der Waals surface area contributed by atoms with E-state index in [1.165, 1.54) is 21.3 Å². The number of hydrogen-bond acceptors (Lipinski definition) is 7. The van der Waals surface area contributed by atoms with Crippen LogP contribution in [-0.4, -0.2) is 80.1 Å². The molecule has 2 amide bonds. The number of benzene rings is 2. The normalized spacial score (nSPS) is 22.3.